The van der Waals surface area contributed by atoms with Crippen molar-refractivity contribution in [1.82, 2.24) is 9.97 Å². The molecular formula is C12H10ClFN2O2. The average Bonchev–Trinajstić information content (AvgIpc) is 2.38. The van der Waals surface area contributed by atoms with Crippen molar-refractivity contribution >= 4 is 11.6 Å². The molecule has 0 spiro atoms. The number of hydrogen-bond acceptors (Lipinski definition) is 4. The van der Waals surface area contributed by atoms with Crippen LogP contribution in [0, 0.1) is 5.82 Å². The molecule has 0 bridgehead atoms. The predicted octanol–water partition coefficient (Wildman–Crippen LogP) is 2.95. The van der Waals surface area contributed by atoms with Gasteiger partial charge in [0.05, 0.1) is 14.2 Å². The fourth-order valence-electron chi connectivity index (χ4n) is 1.55. The highest BCUT2D eigenvalue weighted by atomic mass is 35.5. The molecule has 94 valence electrons. The molecule has 1 heterocycles. The zero-order chi connectivity index (χ0) is 13.1. The number of ether oxygens (including phenoxy) is 2. The molecule has 6 heteroatoms. The Bertz CT molecular complexity index is 578. The molecule has 0 saturated heterocycles. The van der Waals surface area contributed by atoms with Crippen molar-refractivity contribution in [3.8, 4) is 22.8 Å². The molecule has 0 atom stereocenters. The summed E-state index contributed by atoms with van der Waals surface area (Å²) in [4.78, 5) is 7.85. The second-order valence-corrected chi connectivity index (χ2v) is 3.75. The molecule has 2 aromatic rings. The average molecular weight is 269 g/mol. The lowest BCUT2D eigenvalue weighted by molar-refractivity contribution is 0.386. The highest BCUT2D eigenvalue weighted by molar-refractivity contribution is 6.31. The Morgan fingerprint density at radius 2 is 1.94 bits per heavy atom. The van der Waals surface area contributed by atoms with Gasteiger partial charge in [-0.15, -0.1) is 0 Å². The van der Waals surface area contributed by atoms with Gasteiger partial charge in [0.15, 0.2) is 22.5 Å². The highest BCUT2D eigenvalue weighted by Gasteiger charge is 2.14. The van der Waals surface area contributed by atoms with Crippen LogP contribution in [0.3, 0.4) is 0 Å². The quantitative estimate of drug-likeness (QED) is 0.803. The van der Waals surface area contributed by atoms with E-state index in [1.807, 2.05) is 0 Å². The van der Waals surface area contributed by atoms with Crippen molar-refractivity contribution in [1.29, 1.82) is 0 Å². The third-order valence-corrected chi connectivity index (χ3v) is 2.66. The largest absolute Gasteiger partial charge is 0.494 e. The van der Waals surface area contributed by atoms with E-state index >= 15 is 0 Å². The molecule has 0 aliphatic heterocycles. The Morgan fingerprint density at radius 1 is 1.17 bits per heavy atom. The molecule has 18 heavy (non-hydrogen) atoms. The zero-order valence-corrected chi connectivity index (χ0v) is 10.5. The Kier molecular flexibility index (Phi) is 3.62. The number of halogens is 2. The van der Waals surface area contributed by atoms with E-state index in [2.05, 4.69) is 9.97 Å². The number of methoxy groups -OCH3 is 2. The van der Waals surface area contributed by atoms with Crippen molar-refractivity contribution in [2.75, 3.05) is 14.2 Å². The van der Waals surface area contributed by atoms with Crippen molar-refractivity contribution in [3.05, 3.63) is 35.5 Å². The normalized spacial score (nSPS) is 10.2. The molecule has 0 amide bonds. The number of rotatable bonds is 3. The maximum absolute atomic E-state index is 13.6. The van der Waals surface area contributed by atoms with Gasteiger partial charge in [-0.3, -0.25) is 0 Å². The third kappa shape index (κ3) is 2.22. The van der Waals surface area contributed by atoms with Crippen molar-refractivity contribution in [2.45, 2.75) is 0 Å². The van der Waals surface area contributed by atoms with Crippen molar-refractivity contribution in [2.24, 2.45) is 0 Å². The minimum absolute atomic E-state index is 0.165. The van der Waals surface area contributed by atoms with Crippen LogP contribution >= 0.6 is 11.6 Å². The van der Waals surface area contributed by atoms with E-state index in [1.165, 1.54) is 32.7 Å². The van der Waals surface area contributed by atoms with E-state index in [9.17, 15) is 4.39 Å². The second-order valence-electron chi connectivity index (χ2n) is 3.40. The van der Waals surface area contributed by atoms with Crippen molar-refractivity contribution in [3.63, 3.8) is 0 Å². The summed E-state index contributed by atoms with van der Waals surface area (Å²) in [6.07, 6.45) is 1.29. The molecule has 0 unspecified atom stereocenters. The van der Waals surface area contributed by atoms with Gasteiger partial charge in [0.1, 0.15) is 12.0 Å². The molecule has 1 aromatic carbocycles. The van der Waals surface area contributed by atoms with Gasteiger partial charge < -0.3 is 9.47 Å². The topological polar surface area (TPSA) is 44.2 Å². The maximum atomic E-state index is 13.6. The monoisotopic (exact) mass is 268 g/mol. The Balaban J connectivity index is 2.55. The summed E-state index contributed by atoms with van der Waals surface area (Å²) >= 11 is 5.88. The Labute approximate surface area is 108 Å². The minimum atomic E-state index is -0.480. The van der Waals surface area contributed by atoms with Crippen LogP contribution in [0.2, 0.25) is 5.15 Å². The maximum Gasteiger partial charge on any atom is 0.182 e. The van der Waals surface area contributed by atoms with Gasteiger partial charge in [-0.2, -0.15) is 0 Å². The van der Waals surface area contributed by atoms with Gasteiger partial charge in [0, 0.05) is 5.56 Å². The fraction of sp³-hybridized carbons (Fsp3) is 0.167. The number of aromatic nitrogens is 2. The minimum Gasteiger partial charge on any atom is -0.494 e. The van der Waals surface area contributed by atoms with Gasteiger partial charge >= 0.3 is 0 Å². The van der Waals surface area contributed by atoms with E-state index in [0.717, 1.165) is 0 Å². The summed E-state index contributed by atoms with van der Waals surface area (Å²) in [6.45, 7) is 0. The summed E-state index contributed by atoms with van der Waals surface area (Å²) < 4.78 is 23.6. The Morgan fingerprint density at radius 3 is 2.56 bits per heavy atom. The van der Waals surface area contributed by atoms with E-state index in [0.29, 0.717) is 17.0 Å². The lowest BCUT2D eigenvalue weighted by Crippen LogP contribution is -1.95. The van der Waals surface area contributed by atoms with Crippen LogP contribution in [0.1, 0.15) is 0 Å². The van der Waals surface area contributed by atoms with Gasteiger partial charge in [0.2, 0.25) is 0 Å². The lowest BCUT2D eigenvalue weighted by atomic mass is 10.1. The summed E-state index contributed by atoms with van der Waals surface area (Å²) in [6, 6.07) is 4.49. The van der Waals surface area contributed by atoms with Crippen LogP contribution in [-0.2, 0) is 0 Å². The van der Waals surface area contributed by atoms with Crippen LogP contribution in [0.5, 0.6) is 11.5 Å². The molecule has 1 aromatic heterocycles. The van der Waals surface area contributed by atoms with Crippen LogP contribution in [0.25, 0.3) is 11.3 Å². The Hall–Kier alpha value is -1.88. The molecule has 0 fully saturated rings. The van der Waals surface area contributed by atoms with Crippen LogP contribution < -0.4 is 9.47 Å². The lowest BCUT2D eigenvalue weighted by Gasteiger charge is -2.09. The fourth-order valence-corrected chi connectivity index (χ4v) is 1.76. The number of hydrogen-bond donors (Lipinski definition) is 0. The SMILES string of the molecule is COc1ccc(-c2ncnc(Cl)c2OC)cc1F. The molecule has 4 nitrogen and oxygen atoms in total. The van der Waals surface area contributed by atoms with Crippen LogP contribution in [0.15, 0.2) is 24.5 Å². The third-order valence-electron chi connectivity index (χ3n) is 2.39. The smallest absolute Gasteiger partial charge is 0.182 e. The van der Waals surface area contributed by atoms with E-state index in [4.69, 9.17) is 21.1 Å². The first-order valence-electron chi connectivity index (χ1n) is 5.05. The molecule has 0 N–H and O–H groups in total. The van der Waals surface area contributed by atoms with Crippen LogP contribution in [0.4, 0.5) is 4.39 Å². The van der Waals surface area contributed by atoms with Crippen molar-refractivity contribution < 1.29 is 13.9 Å². The number of benzene rings is 1. The second kappa shape index (κ2) is 5.18. The molecule has 0 aliphatic carbocycles. The molecule has 0 saturated carbocycles. The van der Waals surface area contributed by atoms with Gasteiger partial charge in [0.25, 0.3) is 0 Å². The zero-order valence-electron chi connectivity index (χ0n) is 9.78. The molecular weight excluding hydrogens is 259 g/mol. The van der Waals surface area contributed by atoms with Gasteiger partial charge in [-0.1, -0.05) is 11.6 Å². The summed E-state index contributed by atoms with van der Waals surface area (Å²) in [5.41, 5.74) is 0.966. The standard InChI is InChI=1S/C12H10ClFN2O2/c1-17-9-4-3-7(5-8(9)14)10-11(18-2)12(13)16-6-15-10/h3-6H,1-2H3. The first-order chi connectivity index (χ1) is 8.67. The summed E-state index contributed by atoms with van der Waals surface area (Å²) in [5.74, 6) is -0.00612. The van der Waals surface area contributed by atoms with E-state index in [1.54, 1.807) is 6.07 Å². The van der Waals surface area contributed by atoms with Crippen LogP contribution in [-0.4, -0.2) is 24.2 Å². The first kappa shape index (κ1) is 12.6. The van der Waals surface area contributed by atoms with E-state index < -0.39 is 5.82 Å². The highest BCUT2D eigenvalue weighted by Crippen LogP contribution is 2.34. The summed E-state index contributed by atoms with van der Waals surface area (Å²) in [5, 5.41) is 0.179. The van der Waals surface area contributed by atoms with Gasteiger partial charge in [-0.05, 0) is 18.2 Å². The molecule has 2 rings (SSSR count). The summed E-state index contributed by atoms with van der Waals surface area (Å²) in [7, 11) is 2.86. The number of nitrogens with zero attached hydrogens (tertiary/aromatic N) is 2. The van der Waals surface area contributed by atoms with E-state index in [-0.39, 0.29) is 10.9 Å². The molecule has 0 radical (unpaired) electrons. The first-order valence-corrected chi connectivity index (χ1v) is 5.43. The molecule has 0 aliphatic rings. The van der Waals surface area contributed by atoms with Gasteiger partial charge in [-0.25, -0.2) is 14.4 Å². The predicted molar refractivity (Wildman–Crippen MR) is 65.5 cm³/mol.